The smallest absolute Gasteiger partial charge is 0.225 e. The molecule has 3 rings (SSSR count). The van der Waals surface area contributed by atoms with E-state index in [0.717, 1.165) is 18.3 Å². The Labute approximate surface area is 72.7 Å². The van der Waals surface area contributed by atoms with E-state index in [2.05, 4.69) is 5.32 Å². The van der Waals surface area contributed by atoms with Crippen LogP contribution in [0.1, 0.15) is 32.1 Å². The van der Waals surface area contributed by atoms with Gasteiger partial charge in [-0.1, -0.05) is 19.3 Å². The number of rotatable bonds is 0. The van der Waals surface area contributed by atoms with Gasteiger partial charge in [-0.15, -0.1) is 0 Å². The summed E-state index contributed by atoms with van der Waals surface area (Å²) in [6.07, 6.45) is 6.60. The summed E-state index contributed by atoms with van der Waals surface area (Å²) in [6.45, 7) is 0. The molecule has 0 radical (unpaired) electrons. The second-order valence-electron chi connectivity index (χ2n) is 4.58. The molecule has 1 heterocycles. The zero-order valence-electron chi connectivity index (χ0n) is 7.25. The molecule has 1 saturated heterocycles. The van der Waals surface area contributed by atoms with E-state index in [-0.39, 0.29) is 0 Å². The molecule has 2 aliphatic carbocycles. The molecule has 1 amide bonds. The van der Waals surface area contributed by atoms with Crippen LogP contribution in [0.15, 0.2) is 0 Å². The van der Waals surface area contributed by atoms with E-state index in [1.807, 2.05) is 0 Å². The molecule has 0 aromatic rings. The molecule has 3 fully saturated rings. The molecule has 0 aromatic carbocycles. The highest BCUT2D eigenvalue weighted by Crippen LogP contribution is 2.50. The van der Waals surface area contributed by atoms with Crippen molar-refractivity contribution < 1.29 is 4.79 Å². The number of hydrogen-bond acceptors (Lipinski definition) is 1. The SMILES string of the molecule is O=C1N[C@H]2[C@H]3C[C@H]3CCCC[C@H]12. The van der Waals surface area contributed by atoms with Crippen LogP contribution in [0.5, 0.6) is 0 Å². The Morgan fingerprint density at radius 2 is 2.08 bits per heavy atom. The van der Waals surface area contributed by atoms with Crippen LogP contribution in [0.25, 0.3) is 0 Å². The van der Waals surface area contributed by atoms with Gasteiger partial charge < -0.3 is 5.32 Å². The Balaban J connectivity index is 1.75. The fraction of sp³-hybridized carbons (Fsp3) is 0.900. The van der Waals surface area contributed by atoms with Crippen LogP contribution in [0.2, 0.25) is 0 Å². The highest BCUT2D eigenvalue weighted by molar-refractivity contribution is 5.86. The molecule has 1 aliphatic heterocycles. The normalized spacial score (nSPS) is 50.5. The predicted molar refractivity (Wildman–Crippen MR) is 45.5 cm³/mol. The summed E-state index contributed by atoms with van der Waals surface area (Å²) < 4.78 is 0. The second kappa shape index (κ2) is 2.24. The van der Waals surface area contributed by atoms with E-state index in [1.165, 1.54) is 25.7 Å². The molecule has 2 heteroatoms. The van der Waals surface area contributed by atoms with E-state index in [9.17, 15) is 4.79 Å². The van der Waals surface area contributed by atoms with Gasteiger partial charge in [0.05, 0.1) is 5.92 Å². The fourth-order valence-corrected chi connectivity index (χ4v) is 2.97. The van der Waals surface area contributed by atoms with E-state index in [4.69, 9.17) is 0 Å². The lowest BCUT2D eigenvalue weighted by Crippen LogP contribution is -2.59. The third-order valence-electron chi connectivity index (χ3n) is 3.86. The molecule has 2 saturated carbocycles. The molecule has 0 bridgehead atoms. The topological polar surface area (TPSA) is 29.1 Å². The van der Waals surface area contributed by atoms with E-state index in [0.29, 0.717) is 17.9 Å². The molecule has 66 valence electrons. The van der Waals surface area contributed by atoms with Gasteiger partial charge in [-0.2, -0.15) is 0 Å². The summed E-state index contributed by atoms with van der Waals surface area (Å²) in [4.78, 5) is 11.2. The molecular formula is C10H15NO. The zero-order valence-corrected chi connectivity index (χ0v) is 7.25. The van der Waals surface area contributed by atoms with Crippen molar-refractivity contribution in [3.8, 4) is 0 Å². The Hall–Kier alpha value is -0.530. The minimum atomic E-state index is 0.326. The number of nitrogens with one attached hydrogen (secondary N) is 1. The molecule has 1 N–H and O–H groups in total. The molecule has 2 nitrogen and oxygen atoms in total. The van der Waals surface area contributed by atoms with Gasteiger partial charge in [-0.05, 0) is 24.7 Å². The van der Waals surface area contributed by atoms with Gasteiger partial charge in [0.25, 0.3) is 0 Å². The fourth-order valence-electron chi connectivity index (χ4n) is 2.97. The van der Waals surface area contributed by atoms with Crippen molar-refractivity contribution in [2.45, 2.75) is 38.1 Å². The first-order valence-corrected chi connectivity index (χ1v) is 5.16. The number of amides is 1. The predicted octanol–water partition coefficient (Wildman–Crippen LogP) is 1.31. The Morgan fingerprint density at radius 3 is 2.92 bits per heavy atom. The second-order valence-corrected chi connectivity index (χ2v) is 4.58. The lowest BCUT2D eigenvalue weighted by molar-refractivity contribution is -0.136. The van der Waals surface area contributed by atoms with Gasteiger partial charge in [-0.3, -0.25) is 4.79 Å². The average Bonchev–Trinajstić information content (AvgIpc) is 2.75. The molecule has 0 unspecified atom stereocenters. The van der Waals surface area contributed by atoms with Crippen LogP contribution in [-0.2, 0) is 4.79 Å². The molecule has 3 aliphatic rings. The van der Waals surface area contributed by atoms with Gasteiger partial charge >= 0.3 is 0 Å². The lowest BCUT2D eigenvalue weighted by Gasteiger charge is -2.38. The third-order valence-corrected chi connectivity index (χ3v) is 3.86. The highest BCUT2D eigenvalue weighted by Gasteiger charge is 2.53. The Morgan fingerprint density at radius 1 is 1.25 bits per heavy atom. The Kier molecular flexibility index (Phi) is 1.29. The van der Waals surface area contributed by atoms with Crippen molar-refractivity contribution in [2.24, 2.45) is 17.8 Å². The van der Waals surface area contributed by atoms with Crippen LogP contribution in [-0.4, -0.2) is 11.9 Å². The number of fused-ring (bicyclic) bond motifs is 3. The van der Waals surface area contributed by atoms with E-state index < -0.39 is 0 Å². The maximum atomic E-state index is 11.2. The Bertz CT molecular complexity index is 226. The minimum absolute atomic E-state index is 0.326. The maximum Gasteiger partial charge on any atom is 0.225 e. The molecule has 12 heavy (non-hydrogen) atoms. The summed E-state index contributed by atoms with van der Waals surface area (Å²) in [7, 11) is 0. The first-order chi connectivity index (χ1) is 5.86. The maximum absolute atomic E-state index is 11.2. The van der Waals surface area contributed by atoms with Crippen LogP contribution >= 0.6 is 0 Å². The van der Waals surface area contributed by atoms with Crippen LogP contribution < -0.4 is 5.32 Å². The number of carbonyl (C=O) groups is 1. The van der Waals surface area contributed by atoms with Crippen molar-refractivity contribution in [1.82, 2.24) is 5.32 Å². The van der Waals surface area contributed by atoms with Gasteiger partial charge in [0.15, 0.2) is 0 Å². The number of hydrogen-bond donors (Lipinski definition) is 1. The minimum Gasteiger partial charge on any atom is -0.352 e. The first-order valence-electron chi connectivity index (χ1n) is 5.16. The molecular weight excluding hydrogens is 150 g/mol. The van der Waals surface area contributed by atoms with E-state index in [1.54, 1.807) is 0 Å². The zero-order chi connectivity index (χ0) is 8.13. The monoisotopic (exact) mass is 165 g/mol. The van der Waals surface area contributed by atoms with Crippen molar-refractivity contribution >= 4 is 5.91 Å². The summed E-state index contributed by atoms with van der Waals surface area (Å²) in [5, 5.41) is 3.06. The van der Waals surface area contributed by atoms with Crippen LogP contribution in [0.3, 0.4) is 0 Å². The van der Waals surface area contributed by atoms with Gasteiger partial charge in [0.2, 0.25) is 5.91 Å². The van der Waals surface area contributed by atoms with Crippen molar-refractivity contribution in [1.29, 1.82) is 0 Å². The number of β-lactam (4-membered cyclic amide) rings is 1. The third kappa shape index (κ3) is 0.838. The lowest BCUT2D eigenvalue weighted by atomic mass is 9.80. The van der Waals surface area contributed by atoms with Crippen LogP contribution in [0.4, 0.5) is 0 Å². The standard InChI is InChI=1S/C10H15NO/c12-10-7-4-2-1-3-6-5-8(6)9(7)11-10/h6-9H,1-5H2,(H,11,12)/t6-,7+,8+,9-/m1/s1. The van der Waals surface area contributed by atoms with Crippen molar-refractivity contribution in [3.63, 3.8) is 0 Å². The van der Waals surface area contributed by atoms with Gasteiger partial charge in [0.1, 0.15) is 0 Å². The van der Waals surface area contributed by atoms with Gasteiger partial charge in [-0.25, -0.2) is 0 Å². The summed E-state index contributed by atoms with van der Waals surface area (Å²) in [5.74, 6) is 2.57. The summed E-state index contributed by atoms with van der Waals surface area (Å²) >= 11 is 0. The van der Waals surface area contributed by atoms with Gasteiger partial charge in [0, 0.05) is 6.04 Å². The largest absolute Gasteiger partial charge is 0.352 e. The molecule has 4 atom stereocenters. The quantitative estimate of drug-likeness (QED) is 0.539. The number of carbonyl (C=O) groups excluding carboxylic acids is 1. The van der Waals surface area contributed by atoms with Crippen LogP contribution in [0, 0.1) is 17.8 Å². The first kappa shape index (κ1) is 6.93. The molecule has 0 aromatic heterocycles. The highest BCUT2D eigenvalue weighted by atomic mass is 16.2. The summed E-state index contributed by atoms with van der Waals surface area (Å²) in [5.41, 5.74) is 0. The van der Waals surface area contributed by atoms with E-state index >= 15 is 0 Å². The van der Waals surface area contributed by atoms with Crippen molar-refractivity contribution in [2.75, 3.05) is 0 Å². The van der Waals surface area contributed by atoms with Crippen molar-refractivity contribution in [3.05, 3.63) is 0 Å². The summed E-state index contributed by atoms with van der Waals surface area (Å²) in [6, 6.07) is 0.586. The molecule has 0 spiro atoms. The average molecular weight is 165 g/mol.